The third-order valence-corrected chi connectivity index (χ3v) is 5.06. The smallest absolute Gasteiger partial charge is 0.264 e. The van der Waals surface area contributed by atoms with Crippen molar-refractivity contribution in [3.63, 3.8) is 0 Å². The van der Waals surface area contributed by atoms with E-state index in [-0.39, 0.29) is 12.5 Å². The van der Waals surface area contributed by atoms with Crippen LogP contribution < -0.4 is 14.8 Å². The lowest BCUT2D eigenvalue weighted by Gasteiger charge is -2.10. The zero-order chi connectivity index (χ0) is 20.1. The van der Waals surface area contributed by atoms with E-state index in [4.69, 9.17) is 9.47 Å². The molecule has 1 aromatic heterocycles. The zero-order valence-corrected chi connectivity index (χ0v) is 16.7. The van der Waals surface area contributed by atoms with Crippen LogP contribution in [-0.2, 0) is 4.79 Å². The number of fused-ring (bicyclic) bond motifs is 1. The first-order valence-corrected chi connectivity index (χ1v) is 10.2. The van der Waals surface area contributed by atoms with Gasteiger partial charge in [0.25, 0.3) is 5.91 Å². The third kappa shape index (κ3) is 4.55. The number of para-hydroxylation sites is 2. The maximum Gasteiger partial charge on any atom is 0.264 e. The highest BCUT2D eigenvalue weighted by Gasteiger charge is 2.11. The van der Waals surface area contributed by atoms with E-state index in [0.29, 0.717) is 23.2 Å². The molecule has 0 fully saturated rings. The number of rotatable bonds is 7. The molecular formula is C23H20N2O3S. The number of anilines is 1. The summed E-state index contributed by atoms with van der Waals surface area (Å²) in [5.41, 5.74) is 1.85. The number of ether oxygens (including phenoxy) is 2. The van der Waals surface area contributed by atoms with E-state index in [1.807, 2.05) is 48.7 Å². The van der Waals surface area contributed by atoms with Gasteiger partial charge in [-0.2, -0.15) is 0 Å². The molecule has 0 saturated carbocycles. The van der Waals surface area contributed by atoms with Crippen LogP contribution in [0.2, 0.25) is 0 Å². The minimum absolute atomic E-state index is 0.116. The molecule has 1 heterocycles. The molecule has 0 atom stereocenters. The zero-order valence-electron chi connectivity index (χ0n) is 15.9. The van der Waals surface area contributed by atoms with E-state index in [1.54, 1.807) is 6.07 Å². The van der Waals surface area contributed by atoms with Gasteiger partial charge in [0.2, 0.25) is 0 Å². The molecule has 4 rings (SSSR count). The number of carbonyl (C=O) groups is 1. The maximum atomic E-state index is 12.3. The van der Waals surface area contributed by atoms with Crippen molar-refractivity contribution in [3.8, 4) is 22.8 Å². The van der Waals surface area contributed by atoms with Gasteiger partial charge in [0, 0.05) is 10.9 Å². The number of nitrogens with zero attached hydrogens (tertiary/aromatic N) is 1. The standard InChI is InChI=1S/C23H20N2O3S/c1-2-27-20-9-5-6-10-21(20)28-14-22(26)25-23-24-19(15-29-23)18-12-11-16-7-3-4-8-17(16)13-18/h3-13,15H,2,14H2,1H3,(H,24,25,26). The Bertz CT molecular complexity index is 1140. The predicted molar refractivity (Wildman–Crippen MR) is 117 cm³/mol. The first-order chi connectivity index (χ1) is 14.2. The highest BCUT2D eigenvalue weighted by Crippen LogP contribution is 2.28. The summed E-state index contributed by atoms with van der Waals surface area (Å²) in [7, 11) is 0. The van der Waals surface area contributed by atoms with E-state index in [1.165, 1.54) is 16.7 Å². The van der Waals surface area contributed by atoms with Crippen LogP contribution >= 0.6 is 11.3 Å². The number of aromatic nitrogens is 1. The summed E-state index contributed by atoms with van der Waals surface area (Å²) in [4.78, 5) is 16.8. The molecule has 6 heteroatoms. The van der Waals surface area contributed by atoms with Gasteiger partial charge in [0.1, 0.15) is 0 Å². The van der Waals surface area contributed by atoms with Gasteiger partial charge in [0.05, 0.1) is 12.3 Å². The van der Waals surface area contributed by atoms with Gasteiger partial charge in [-0.1, -0.05) is 48.5 Å². The topological polar surface area (TPSA) is 60.5 Å². The number of thiazole rings is 1. The van der Waals surface area contributed by atoms with Crippen molar-refractivity contribution >= 4 is 33.1 Å². The van der Waals surface area contributed by atoms with Crippen LogP contribution in [0.4, 0.5) is 5.13 Å². The van der Waals surface area contributed by atoms with Crippen LogP contribution in [0.25, 0.3) is 22.0 Å². The van der Waals surface area contributed by atoms with Crippen molar-refractivity contribution in [2.45, 2.75) is 6.92 Å². The lowest BCUT2D eigenvalue weighted by molar-refractivity contribution is -0.118. The molecular weight excluding hydrogens is 384 g/mol. The minimum atomic E-state index is -0.268. The maximum absolute atomic E-state index is 12.3. The van der Waals surface area contributed by atoms with Gasteiger partial charge in [-0.15, -0.1) is 11.3 Å². The molecule has 1 N–H and O–H groups in total. The Morgan fingerprint density at radius 1 is 0.966 bits per heavy atom. The fourth-order valence-electron chi connectivity index (χ4n) is 2.96. The molecule has 0 unspecified atom stereocenters. The summed E-state index contributed by atoms with van der Waals surface area (Å²) in [5, 5.41) is 7.61. The second-order valence-electron chi connectivity index (χ2n) is 6.32. The van der Waals surface area contributed by atoms with Crippen LogP contribution in [0.3, 0.4) is 0 Å². The van der Waals surface area contributed by atoms with Crippen LogP contribution in [0, 0.1) is 0 Å². The molecule has 0 aliphatic rings. The summed E-state index contributed by atoms with van der Waals surface area (Å²) in [6.07, 6.45) is 0. The summed E-state index contributed by atoms with van der Waals surface area (Å²) >= 11 is 1.39. The van der Waals surface area contributed by atoms with Gasteiger partial charge in [-0.3, -0.25) is 10.1 Å². The van der Waals surface area contributed by atoms with Gasteiger partial charge in [0.15, 0.2) is 23.2 Å². The Labute approximate surface area is 172 Å². The number of amides is 1. The third-order valence-electron chi connectivity index (χ3n) is 4.30. The van der Waals surface area contributed by atoms with Crippen LogP contribution in [0.5, 0.6) is 11.5 Å². The van der Waals surface area contributed by atoms with Gasteiger partial charge in [-0.05, 0) is 35.9 Å². The molecule has 0 aliphatic heterocycles. The second kappa shape index (κ2) is 8.75. The molecule has 0 spiro atoms. The Morgan fingerprint density at radius 3 is 2.48 bits per heavy atom. The molecule has 0 saturated heterocycles. The van der Waals surface area contributed by atoms with Crippen molar-refractivity contribution < 1.29 is 14.3 Å². The SMILES string of the molecule is CCOc1ccccc1OCC(=O)Nc1nc(-c2ccc3ccccc3c2)cs1. The van der Waals surface area contributed by atoms with Gasteiger partial charge in [-0.25, -0.2) is 4.98 Å². The number of benzene rings is 3. The monoisotopic (exact) mass is 404 g/mol. The van der Waals surface area contributed by atoms with Crippen LogP contribution in [0.15, 0.2) is 72.1 Å². The lowest BCUT2D eigenvalue weighted by Crippen LogP contribution is -2.20. The number of nitrogens with one attached hydrogen (secondary N) is 1. The minimum Gasteiger partial charge on any atom is -0.490 e. The Balaban J connectivity index is 1.40. The largest absolute Gasteiger partial charge is 0.490 e. The molecule has 5 nitrogen and oxygen atoms in total. The van der Waals surface area contributed by atoms with Crippen LogP contribution in [-0.4, -0.2) is 24.1 Å². The van der Waals surface area contributed by atoms with Gasteiger partial charge < -0.3 is 9.47 Å². The molecule has 0 aliphatic carbocycles. The molecule has 0 bridgehead atoms. The number of hydrogen-bond donors (Lipinski definition) is 1. The highest BCUT2D eigenvalue weighted by molar-refractivity contribution is 7.14. The van der Waals surface area contributed by atoms with Crippen molar-refractivity contribution in [3.05, 3.63) is 72.1 Å². The van der Waals surface area contributed by atoms with E-state index >= 15 is 0 Å². The van der Waals surface area contributed by atoms with Crippen molar-refractivity contribution in [1.82, 2.24) is 4.98 Å². The second-order valence-corrected chi connectivity index (χ2v) is 7.17. The van der Waals surface area contributed by atoms with E-state index in [9.17, 15) is 4.79 Å². The predicted octanol–water partition coefficient (Wildman–Crippen LogP) is 5.38. The van der Waals surface area contributed by atoms with Crippen molar-refractivity contribution in [2.24, 2.45) is 0 Å². The normalized spacial score (nSPS) is 10.7. The van der Waals surface area contributed by atoms with Crippen molar-refractivity contribution in [1.29, 1.82) is 0 Å². The number of hydrogen-bond acceptors (Lipinski definition) is 5. The number of carbonyl (C=O) groups excluding carboxylic acids is 1. The summed E-state index contributed by atoms with van der Waals surface area (Å²) in [5.74, 6) is 0.895. The fraction of sp³-hybridized carbons (Fsp3) is 0.130. The average molecular weight is 404 g/mol. The average Bonchev–Trinajstić information content (AvgIpc) is 3.21. The Kier molecular flexibility index (Phi) is 5.72. The van der Waals surface area contributed by atoms with Crippen LogP contribution in [0.1, 0.15) is 6.92 Å². The first-order valence-electron chi connectivity index (χ1n) is 9.32. The molecule has 3 aromatic carbocycles. The van der Waals surface area contributed by atoms with E-state index < -0.39 is 0 Å². The Morgan fingerprint density at radius 2 is 1.69 bits per heavy atom. The van der Waals surface area contributed by atoms with E-state index in [0.717, 1.165) is 16.6 Å². The molecule has 0 radical (unpaired) electrons. The molecule has 4 aromatic rings. The summed E-state index contributed by atoms with van der Waals surface area (Å²) < 4.78 is 11.1. The lowest BCUT2D eigenvalue weighted by atomic mass is 10.1. The molecule has 29 heavy (non-hydrogen) atoms. The summed E-state index contributed by atoms with van der Waals surface area (Å²) in [6.45, 7) is 2.32. The van der Waals surface area contributed by atoms with Crippen molar-refractivity contribution in [2.75, 3.05) is 18.5 Å². The van der Waals surface area contributed by atoms with E-state index in [2.05, 4.69) is 34.6 Å². The highest BCUT2D eigenvalue weighted by atomic mass is 32.1. The quantitative estimate of drug-likeness (QED) is 0.449. The molecule has 1 amide bonds. The van der Waals surface area contributed by atoms with Gasteiger partial charge >= 0.3 is 0 Å². The Hall–Kier alpha value is -3.38. The molecule has 146 valence electrons. The summed E-state index contributed by atoms with van der Waals surface area (Å²) in [6, 6.07) is 21.7. The first kappa shape index (κ1) is 19.0. The fourth-order valence-corrected chi connectivity index (χ4v) is 3.69.